The van der Waals surface area contributed by atoms with Crippen LogP contribution in [0.5, 0.6) is 0 Å². The zero-order valence-corrected chi connectivity index (χ0v) is 11.2. The van der Waals surface area contributed by atoms with Crippen LogP contribution in [0.4, 0.5) is 0 Å². The quantitative estimate of drug-likeness (QED) is 0.919. The summed E-state index contributed by atoms with van der Waals surface area (Å²) in [7, 11) is 0. The zero-order valence-electron chi connectivity index (χ0n) is 10.4. The fourth-order valence-corrected chi connectivity index (χ4v) is 3.84. The van der Waals surface area contributed by atoms with E-state index >= 15 is 0 Å². The Hall–Kier alpha value is -1.07. The van der Waals surface area contributed by atoms with Crippen LogP contribution < -0.4 is 5.73 Å². The number of thioether (sulfide) groups is 1. The van der Waals surface area contributed by atoms with Gasteiger partial charge in [-0.3, -0.25) is 4.40 Å². The van der Waals surface area contributed by atoms with Crippen LogP contribution in [-0.2, 0) is 13.0 Å². The lowest BCUT2D eigenvalue weighted by molar-refractivity contribution is 0.642. The van der Waals surface area contributed by atoms with Crippen molar-refractivity contribution in [3.8, 4) is 0 Å². The van der Waals surface area contributed by atoms with Crippen LogP contribution in [0.15, 0.2) is 18.2 Å². The molecule has 3 heterocycles. The molecule has 1 atom stereocenters. The summed E-state index contributed by atoms with van der Waals surface area (Å²) in [5.41, 5.74) is 7.80. The van der Waals surface area contributed by atoms with Gasteiger partial charge in [0.1, 0.15) is 5.82 Å². The number of nitrogens with zero attached hydrogens (tertiary/aromatic N) is 3. The normalized spacial score (nSPS) is 20.4. The Labute approximate surface area is 111 Å². The number of rotatable bonds is 3. The zero-order chi connectivity index (χ0) is 12.4. The SMILES string of the molecule is NCc1cccc2nnc(CC3CCCCS3)n12. The van der Waals surface area contributed by atoms with Crippen molar-refractivity contribution in [3.63, 3.8) is 0 Å². The Morgan fingerprint density at radius 1 is 1.33 bits per heavy atom. The topological polar surface area (TPSA) is 56.2 Å². The molecule has 0 aliphatic carbocycles. The molecule has 1 fully saturated rings. The molecular formula is C13H18N4S. The molecule has 2 aromatic rings. The Morgan fingerprint density at radius 2 is 2.28 bits per heavy atom. The van der Waals surface area contributed by atoms with Gasteiger partial charge < -0.3 is 5.73 Å². The van der Waals surface area contributed by atoms with Crippen LogP contribution in [0.3, 0.4) is 0 Å². The Bertz CT molecular complexity index is 531. The molecule has 2 aromatic heterocycles. The van der Waals surface area contributed by atoms with Gasteiger partial charge >= 0.3 is 0 Å². The first-order valence-electron chi connectivity index (χ1n) is 6.52. The van der Waals surface area contributed by atoms with E-state index in [0.29, 0.717) is 11.8 Å². The average Bonchev–Trinajstić information content (AvgIpc) is 2.83. The van der Waals surface area contributed by atoms with Gasteiger partial charge in [-0.15, -0.1) is 10.2 Å². The first-order valence-corrected chi connectivity index (χ1v) is 7.57. The predicted octanol–water partition coefficient (Wildman–Crippen LogP) is 2.02. The van der Waals surface area contributed by atoms with Crippen molar-refractivity contribution in [1.82, 2.24) is 14.6 Å². The monoisotopic (exact) mass is 262 g/mol. The average molecular weight is 262 g/mol. The van der Waals surface area contributed by atoms with E-state index in [1.165, 1.54) is 25.0 Å². The summed E-state index contributed by atoms with van der Waals surface area (Å²) in [6.07, 6.45) is 5.00. The summed E-state index contributed by atoms with van der Waals surface area (Å²) < 4.78 is 2.12. The standard InChI is InChI=1S/C13H18N4S/c14-9-10-4-3-6-12-15-16-13(17(10)12)8-11-5-1-2-7-18-11/h3-4,6,11H,1-2,5,7-9,14H2. The first kappa shape index (κ1) is 12.0. The highest BCUT2D eigenvalue weighted by molar-refractivity contribution is 7.99. The third-order valence-corrected chi connectivity index (χ3v) is 4.87. The fraction of sp³-hybridized carbons (Fsp3) is 0.538. The summed E-state index contributed by atoms with van der Waals surface area (Å²) in [5.74, 6) is 2.34. The molecule has 0 radical (unpaired) electrons. The maximum absolute atomic E-state index is 5.80. The molecule has 2 N–H and O–H groups in total. The lowest BCUT2D eigenvalue weighted by Crippen LogP contribution is -2.15. The molecule has 1 unspecified atom stereocenters. The van der Waals surface area contributed by atoms with Crippen molar-refractivity contribution in [1.29, 1.82) is 0 Å². The Morgan fingerprint density at radius 3 is 3.06 bits per heavy atom. The summed E-state index contributed by atoms with van der Waals surface area (Å²) >= 11 is 2.07. The van der Waals surface area contributed by atoms with E-state index in [0.717, 1.165) is 23.6 Å². The van der Waals surface area contributed by atoms with E-state index in [1.807, 2.05) is 18.2 Å². The second kappa shape index (κ2) is 5.28. The van der Waals surface area contributed by atoms with Crippen LogP contribution in [0.1, 0.15) is 30.8 Å². The van der Waals surface area contributed by atoms with Crippen molar-refractivity contribution < 1.29 is 0 Å². The van der Waals surface area contributed by atoms with Crippen LogP contribution >= 0.6 is 11.8 Å². The molecule has 3 rings (SSSR count). The van der Waals surface area contributed by atoms with Crippen molar-refractivity contribution in [2.24, 2.45) is 5.73 Å². The van der Waals surface area contributed by atoms with Crippen molar-refractivity contribution in [2.75, 3.05) is 5.75 Å². The first-order chi connectivity index (χ1) is 8.88. The maximum atomic E-state index is 5.80. The number of pyridine rings is 1. The number of nitrogens with two attached hydrogens (primary N) is 1. The van der Waals surface area contributed by atoms with E-state index in [1.54, 1.807) is 0 Å². The molecule has 0 amide bonds. The van der Waals surface area contributed by atoms with Crippen LogP contribution in [0.25, 0.3) is 5.65 Å². The van der Waals surface area contributed by atoms with Gasteiger partial charge in [0.25, 0.3) is 0 Å². The second-order valence-corrected chi connectivity index (χ2v) is 6.13. The highest BCUT2D eigenvalue weighted by Gasteiger charge is 2.18. The molecule has 5 heteroatoms. The molecule has 0 aromatic carbocycles. The van der Waals surface area contributed by atoms with Gasteiger partial charge in [-0.1, -0.05) is 12.5 Å². The minimum atomic E-state index is 0.528. The number of fused-ring (bicyclic) bond motifs is 1. The van der Waals surface area contributed by atoms with Gasteiger partial charge in [-0.05, 0) is 30.7 Å². The van der Waals surface area contributed by atoms with Gasteiger partial charge in [0.2, 0.25) is 0 Å². The molecule has 0 saturated carbocycles. The highest BCUT2D eigenvalue weighted by atomic mass is 32.2. The molecule has 1 aliphatic rings. The minimum absolute atomic E-state index is 0.528. The van der Waals surface area contributed by atoms with Gasteiger partial charge in [0, 0.05) is 23.9 Å². The highest BCUT2D eigenvalue weighted by Crippen LogP contribution is 2.27. The summed E-state index contributed by atoms with van der Waals surface area (Å²) in [4.78, 5) is 0. The van der Waals surface area contributed by atoms with Gasteiger partial charge in [-0.25, -0.2) is 0 Å². The van der Waals surface area contributed by atoms with Gasteiger partial charge in [-0.2, -0.15) is 11.8 Å². The lowest BCUT2D eigenvalue weighted by Gasteiger charge is -2.20. The molecule has 0 spiro atoms. The molecular weight excluding hydrogens is 244 g/mol. The van der Waals surface area contributed by atoms with Gasteiger partial charge in [0.05, 0.1) is 0 Å². The largest absolute Gasteiger partial charge is 0.325 e. The molecule has 96 valence electrons. The van der Waals surface area contributed by atoms with Gasteiger partial charge in [0.15, 0.2) is 5.65 Å². The third-order valence-electron chi connectivity index (χ3n) is 3.47. The van der Waals surface area contributed by atoms with Crippen LogP contribution in [0, 0.1) is 0 Å². The van der Waals surface area contributed by atoms with E-state index in [4.69, 9.17) is 5.73 Å². The summed E-state index contributed by atoms with van der Waals surface area (Å²) in [6, 6.07) is 6.03. The molecule has 18 heavy (non-hydrogen) atoms. The summed E-state index contributed by atoms with van der Waals surface area (Å²) in [5, 5.41) is 9.27. The van der Waals surface area contributed by atoms with Crippen molar-refractivity contribution >= 4 is 17.4 Å². The van der Waals surface area contributed by atoms with E-state index in [9.17, 15) is 0 Å². The molecule has 1 saturated heterocycles. The maximum Gasteiger partial charge on any atom is 0.161 e. The summed E-state index contributed by atoms with van der Waals surface area (Å²) in [6.45, 7) is 0.528. The number of hydrogen-bond acceptors (Lipinski definition) is 4. The fourth-order valence-electron chi connectivity index (χ4n) is 2.53. The molecule has 4 nitrogen and oxygen atoms in total. The Kier molecular flexibility index (Phi) is 3.52. The minimum Gasteiger partial charge on any atom is -0.325 e. The van der Waals surface area contributed by atoms with Crippen molar-refractivity contribution in [2.45, 2.75) is 37.5 Å². The second-order valence-electron chi connectivity index (χ2n) is 4.72. The van der Waals surface area contributed by atoms with E-state index in [2.05, 4.69) is 26.4 Å². The molecule has 0 bridgehead atoms. The third kappa shape index (κ3) is 2.24. The van der Waals surface area contributed by atoms with E-state index in [-0.39, 0.29) is 0 Å². The number of hydrogen-bond donors (Lipinski definition) is 1. The lowest BCUT2D eigenvalue weighted by atomic mass is 10.1. The van der Waals surface area contributed by atoms with Crippen LogP contribution in [0.2, 0.25) is 0 Å². The van der Waals surface area contributed by atoms with Crippen LogP contribution in [-0.4, -0.2) is 25.6 Å². The van der Waals surface area contributed by atoms with E-state index < -0.39 is 0 Å². The predicted molar refractivity (Wildman–Crippen MR) is 74.7 cm³/mol. The smallest absolute Gasteiger partial charge is 0.161 e. The van der Waals surface area contributed by atoms with Crippen molar-refractivity contribution in [3.05, 3.63) is 29.7 Å². The molecule has 1 aliphatic heterocycles. The number of aromatic nitrogens is 3. The Balaban J connectivity index is 1.91.